The van der Waals surface area contributed by atoms with Gasteiger partial charge in [0.1, 0.15) is 5.75 Å². The van der Waals surface area contributed by atoms with Crippen LogP contribution >= 0.6 is 11.3 Å². The van der Waals surface area contributed by atoms with Crippen molar-refractivity contribution >= 4 is 22.4 Å². The van der Waals surface area contributed by atoms with Gasteiger partial charge in [0.05, 0.1) is 12.3 Å². The minimum absolute atomic E-state index is 0.0373. The van der Waals surface area contributed by atoms with Crippen LogP contribution in [0, 0.1) is 13.8 Å². The molecule has 0 saturated heterocycles. The zero-order valence-electron chi connectivity index (χ0n) is 17.5. The average Bonchev–Trinajstić information content (AvgIpc) is 3.16. The lowest BCUT2D eigenvalue weighted by Crippen LogP contribution is -2.12. The van der Waals surface area contributed by atoms with Gasteiger partial charge in [-0.25, -0.2) is 4.98 Å². The highest BCUT2D eigenvalue weighted by Gasteiger charge is 2.09. The lowest BCUT2D eigenvalue weighted by atomic mass is 10.0. The summed E-state index contributed by atoms with van der Waals surface area (Å²) in [5.74, 6) is 1.31. The number of aromatic nitrogens is 1. The molecule has 2 aromatic carbocycles. The SMILES string of the molecule is Cc1ccc(-c2csc(NC(=O)CCCOc3ccc(C(C)C)cc3)n2)cc1C. The number of carbonyl (C=O) groups excluding carboxylic acids is 1. The van der Waals surface area contributed by atoms with Crippen molar-refractivity contribution in [3.05, 3.63) is 64.5 Å². The first-order valence-electron chi connectivity index (χ1n) is 9.98. The monoisotopic (exact) mass is 408 g/mol. The number of hydrogen-bond donors (Lipinski definition) is 1. The van der Waals surface area contributed by atoms with E-state index in [1.165, 1.54) is 28.0 Å². The summed E-state index contributed by atoms with van der Waals surface area (Å²) in [7, 11) is 0. The Hall–Kier alpha value is -2.66. The molecule has 0 atom stereocenters. The van der Waals surface area contributed by atoms with Crippen LogP contribution in [-0.4, -0.2) is 17.5 Å². The maximum atomic E-state index is 12.2. The van der Waals surface area contributed by atoms with E-state index in [9.17, 15) is 4.79 Å². The molecule has 0 saturated carbocycles. The van der Waals surface area contributed by atoms with Crippen LogP contribution in [0.5, 0.6) is 5.75 Å². The molecule has 3 aromatic rings. The number of benzene rings is 2. The molecule has 0 fully saturated rings. The first-order chi connectivity index (χ1) is 13.9. The van der Waals surface area contributed by atoms with Gasteiger partial charge in [0, 0.05) is 17.4 Å². The standard InChI is InChI=1S/C24H28N2O2S/c1-16(2)19-9-11-21(12-10-19)28-13-5-6-23(27)26-24-25-22(15-29-24)20-8-7-17(3)18(4)14-20/h7-12,14-16H,5-6,13H2,1-4H3,(H,25,26,27). The normalized spacial score (nSPS) is 10.9. The molecular weight excluding hydrogens is 380 g/mol. The van der Waals surface area contributed by atoms with Gasteiger partial charge in [0.25, 0.3) is 0 Å². The average molecular weight is 409 g/mol. The van der Waals surface area contributed by atoms with Gasteiger partial charge in [0.2, 0.25) is 5.91 Å². The summed E-state index contributed by atoms with van der Waals surface area (Å²) < 4.78 is 5.73. The van der Waals surface area contributed by atoms with Crippen LogP contribution in [0.15, 0.2) is 47.8 Å². The van der Waals surface area contributed by atoms with Crippen molar-refractivity contribution < 1.29 is 9.53 Å². The summed E-state index contributed by atoms with van der Waals surface area (Å²) in [4.78, 5) is 16.7. The molecule has 5 heteroatoms. The van der Waals surface area contributed by atoms with Crippen molar-refractivity contribution in [2.75, 3.05) is 11.9 Å². The minimum Gasteiger partial charge on any atom is -0.494 e. The van der Waals surface area contributed by atoms with Crippen molar-refractivity contribution in [3.8, 4) is 17.0 Å². The first kappa shape index (κ1) is 21.1. The van der Waals surface area contributed by atoms with E-state index in [0.29, 0.717) is 30.5 Å². The topological polar surface area (TPSA) is 51.2 Å². The summed E-state index contributed by atoms with van der Waals surface area (Å²) in [6, 6.07) is 14.4. The first-order valence-corrected chi connectivity index (χ1v) is 10.9. The highest BCUT2D eigenvalue weighted by Crippen LogP contribution is 2.26. The van der Waals surface area contributed by atoms with Crippen molar-refractivity contribution in [1.82, 2.24) is 4.98 Å². The third kappa shape index (κ3) is 5.91. The predicted molar refractivity (Wildman–Crippen MR) is 121 cm³/mol. The molecule has 0 radical (unpaired) electrons. The van der Waals surface area contributed by atoms with Gasteiger partial charge < -0.3 is 10.1 Å². The van der Waals surface area contributed by atoms with E-state index in [2.05, 4.69) is 68.3 Å². The number of amides is 1. The molecule has 1 heterocycles. The lowest BCUT2D eigenvalue weighted by Gasteiger charge is -2.09. The van der Waals surface area contributed by atoms with E-state index in [1.54, 1.807) is 0 Å². The Morgan fingerprint density at radius 2 is 1.86 bits per heavy atom. The van der Waals surface area contributed by atoms with Crippen molar-refractivity contribution in [2.45, 2.75) is 46.5 Å². The Morgan fingerprint density at radius 3 is 2.55 bits per heavy atom. The number of nitrogens with zero attached hydrogens (tertiary/aromatic N) is 1. The van der Waals surface area contributed by atoms with Gasteiger partial charge in [-0.05, 0) is 61.1 Å². The van der Waals surface area contributed by atoms with E-state index in [1.807, 2.05) is 17.5 Å². The van der Waals surface area contributed by atoms with Gasteiger partial charge in [0.15, 0.2) is 5.13 Å². The van der Waals surface area contributed by atoms with E-state index in [4.69, 9.17) is 4.74 Å². The number of carbonyl (C=O) groups is 1. The van der Waals surface area contributed by atoms with Crippen molar-refractivity contribution in [1.29, 1.82) is 0 Å². The highest BCUT2D eigenvalue weighted by atomic mass is 32.1. The second kappa shape index (κ2) is 9.70. The van der Waals surface area contributed by atoms with E-state index < -0.39 is 0 Å². The van der Waals surface area contributed by atoms with Gasteiger partial charge >= 0.3 is 0 Å². The van der Waals surface area contributed by atoms with Crippen LogP contribution in [0.25, 0.3) is 11.3 Å². The molecule has 0 bridgehead atoms. The molecule has 1 aromatic heterocycles. The zero-order valence-corrected chi connectivity index (χ0v) is 18.3. The zero-order chi connectivity index (χ0) is 20.8. The molecule has 0 aliphatic rings. The second-order valence-corrected chi connectivity index (χ2v) is 8.42. The summed E-state index contributed by atoms with van der Waals surface area (Å²) >= 11 is 1.45. The maximum absolute atomic E-state index is 12.2. The summed E-state index contributed by atoms with van der Waals surface area (Å²) in [6.45, 7) is 9.04. The molecule has 4 nitrogen and oxygen atoms in total. The van der Waals surface area contributed by atoms with Crippen LogP contribution in [0.2, 0.25) is 0 Å². The fraction of sp³-hybridized carbons (Fsp3) is 0.333. The maximum Gasteiger partial charge on any atom is 0.226 e. The van der Waals surface area contributed by atoms with Crippen LogP contribution in [0.4, 0.5) is 5.13 Å². The Kier molecular flexibility index (Phi) is 7.04. The third-order valence-corrected chi connectivity index (χ3v) is 5.67. The highest BCUT2D eigenvalue weighted by molar-refractivity contribution is 7.14. The van der Waals surface area contributed by atoms with Crippen LogP contribution in [0.1, 0.15) is 49.3 Å². The van der Waals surface area contributed by atoms with Crippen LogP contribution in [0.3, 0.4) is 0 Å². The van der Waals surface area contributed by atoms with Gasteiger partial charge in [-0.1, -0.05) is 38.1 Å². The molecule has 1 N–H and O–H groups in total. The smallest absolute Gasteiger partial charge is 0.226 e. The van der Waals surface area contributed by atoms with E-state index in [0.717, 1.165) is 17.0 Å². The number of hydrogen-bond acceptors (Lipinski definition) is 4. The fourth-order valence-electron chi connectivity index (χ4n) is 2.92. The largest absolute Gasteiger partial charge is 0.494 e. The summed E-state index contributed by atoms with van der Waals surface area (Å²) in [5.41, 5.74) is 5.75. The molecule has 152 valence electrons. The summed E-state index contributed by atoms with van der Waals surface area (Å²) in [5, 5.41) is 5.50. The summed E-state index contributed by atoms with van der Waals surface area (Å²) in [6.07, 6.45) is 1.07. The molecule has 3 rings (SSSR count). The molecule has 0 spiro atoms. The Bertz CT molecular complexity index is 961. The molecule has 0 unspecified atom stereocenters. The Balaban J connectivity index is 1.44. The van der Waals surface area contributed by atoms with Gasteiger partial charge in [-0.15, -0.1) is 11.3 Å². The lowest BCUT2D eigenvalue weighted by molar-refractivity contribution is -0.116. The van der Waals surface area contributed by atoms with Gasteiger partial charge in [-0.3, -0.25) is 4.79 Å². The number of rotatable bonds is 8. The number of thiazole rings is 1. The van der Waals surface area contributed by atoms with Crippen molar-refractivity contribution in [2.24, 2.45) is 0 Å². The molecule has 0 aliphatic carbocycles. The van der Waals surface area contributed by atoms with Crippen LogP contribution < -0.4 is 10.1 Å². The van der Waals surface area contributed by atoms with Gasteiger partial charge in [-0.2, -0.15) is 0 Å². The van der Waals surface area contributed by atoms with Crippen molar-refractivity contribution in [3.63, 3.8) is 0 Å². The van der Waals surface area contributed by atoms with Crippen LogP contribution in [-0.2, 0) is 4.79 Å². The third-order valence-electron chi connectivity index (χ3n) is 4.92. The Morgan fingerprint density at radius 1 is 1.10 bits per heavy atom. The van der Waals surface area contributed by atoms with E-state index >= 15 is 0 Å². The molecular formula is C24H28N2O2S. The number of anilines is 1. The number of aryl methyl sites for hydroxylation is 2. The number of nitrogens with one attached hydrogen (secondary N) is 1. The molecule has 0 aliphatic heterocycles. The fourth-order valence-corrected chi connectivity index (χ4v) is 3.65. The quantitative estimate of drug-likeness (QED) is 0.442. The molecule has 29 heavy (non-hydrogen) atoms. The predicted octanol–water partition coefficient (Wildman–Crippen LogP) is 6.35. The minimum atomic E-state index is -0.0373. The Labute approximate surface area is 177 Å². The second-order valence-electron chi connectivity index (χ2n) is 7.56. The number of ether oxygens (including phenoxy) is 1. The van der Waals surface area contributed by atoms with E-state index in [-0.39, 0.29) is 5.91 Å². The molecule has 1 amide bonds.